The second-order valence-corrected chi connectivity index (χ2v) is 6.15. The molecule has 1 aromatic carbocycles. The van der Waals surface area contributed by atoms with Crippen LogP contribution in [0.15, 0.2) is 47.5 Å². The number of anilines is 1. The summed E-state index contributed by atoms with van der Waals surface area (Å²) in [7, 11) is -4.28. The lowest BCUT2D eigenvalue weighted by molar-refractivity contribution is -0.275. The molecule has 0 saturated heterocycles. The number of ether oxygens (including phenoxy) is 1. The second kappa shape index (κ2) is 6.45. The minimum absolute atomic E-state index is 0.0196. The fraction of sp³-hybridized carbons (Fsp3) is 0.214. The van der Waals surface area contributed by atoms with Crippen LogP contribution in [0.2, 0.25) is 0 Å². The molecule has 1 N–H and O–H groups in total. The molecule has 0 amide bonds. The number of rotatable bonds is 5. The molecule has 0 fully saturated rings. The molecule has 124 valence electrons. The van der Waals surface area contributed by atoms with Gasteiger partial charge in [-0.3, -0.25) is 4.72 Å². The second-order valence-electron chi connectivity index (χ2n) is 4.50. The first-order valence-corrected chi connectivity index (χ1v) is 8.02. The first kappa shape index (κ1) is 17.1. The van der Waals surface area contributed by atoms with E-state index in [1.165, 1.54) is 24.4 Å². The quantitative estimate of drug-likeness (QED) is 0.902. The molecule has 9 heteroatoms. The van der Waals surface area contributed by atoms with Crippen molar-refractivity contribution in [2.75, 3.05) is 4.72 Å². The first-order chi connectivity index (χ1) is 10.7. The van der Waals surface area contributed by atoms with Gasteiger partial charge in [0.05, 0.1) is 0 Å². The fourth-order valence-corrected chi connectivity index (χ4v) is 2.95. The van der Waals surface area contributed by atoms with Crippen LogP contribution in [0.3, 0.4) is 0 Å². The number of hydrogen-bond acceptors (Lipinski definition) is 4. The summed E-state index contributed by atoms with van der Waals surface area (Å²) in [5, 5.41) is 0. The Hall–Kier alpha value is -2.29. The number of hydrogen-bond donors (Lipinski definition) is 1. The molecule has 1 aromatic heterocycles. The topological polar surface area (TPSA) is 68.3 Å². The van der Waals surface area contributed by atoms with Gasteiger partial charge >= 0.3 is 6.36 Å². The molecule has 0 atom stereocenters. The summed E-state index contributed by atoms with van der Waals surface area (Å²) >= 11 is 0. The van der Waals surface area contributed by atoms with E-state index in [0.717, 1.165) is 17.7 Å². The molecular weight excluding hydrogens is 333 g/mol. The maximum absolute atomic E-state index is 12.4. The van der Waals surface area contributed by atoms with Crippen LogP contribution in [0.4, 0.5) is 19.0 Å². The number of aromatic nitrogens is 1. The predicted molar refractivity (Wildman–Crippen MR) is 77.5 cm³/mol. The molecule has 0 radical (unpaired) electrons. The maximum Gasteiger partial charge on any atom is 0.573 e. The van der Waals surface area contributed by atoms with Crippen molar-refractivity contribution in [3.63, 3.8) is 0 Å². The molecular formula is C14H13F3N2O3S. The molecule has 5 nitrogen and oxygen atoms in total. The van der Waals surface area contributed by atoms with Gasteiger partial charge in [-0.15, -0.1) is 13.2 Å². The van der Waals surface area contributed by atoms with Gasteiger partial charge in [0, 0.05) is 6.20 Å². The van der Waals surface area contributed by atoms with Crippen molar-refractivity contribution in [3.8, 4) is 5.75 Å². The average Bonchev–Trinajstić information content (AvgIpc) is 2.45. The van der Waals surface area contributed by atoms with E-state index in [2.05, 4.69) is 14.4 Å². The van der Waals surface area contributed by atoms with Crippen molar-refractivity contribution in [2.45, 2.75) is 24.6 Å². The van der Waals surface area contributed by atoms with Gasteiger partial charge in [-0.1, -0.05) is 19.1 Å². The van der Waals surface area contributed by atoms with E-state index in [1.807, 2.05) is 6.92 Å². The average molecular weight is 346 g/mol. The van der Waals surface area contributed by atoms with Gasteiger partial charge in [-0.25, -0.2) is 13.4 Å². The van der Waals surface area contributed by atoms with Gasteiger partial charge in [0.15, 0.2) is 0 Å². The summed E-state index contributed by atoms with van der Waals surface area (Å²) < 4.78 is 67.7. The summed E-state index contributed by atoms with van der Waals surface area (Å²) in [6.45, 7) is 1.88. The van der Waals surface area contributed by atoms with Crippen LogP contribution in [0.25, 0.3) is 0 Å². The van der Waals surface area contributed by atoms with E-state index in [-0.39, 0.29) is 5.82 Å². The zero-order chi connectivity index (χ0) is 17.1. The molecule has 0 spiro atoms. The van der Waals surface area contributed by atoms with E-state index in [4.69, 9.17) is 0 Å². The lowest BCUT2D eigenvalue weighted by atomic mass is 10.2. The van der Waals surface area contributed by atoms with Crippen molar-refractivity contribution in [1.29, 1.82) is 0 Å². The number of alkyl halides is 3. The summed E-state index contributed by atoms with van der Waals surface area (Å²) in [5.74, 6) is -0.787. The third-order valence-electron chi connectivity index (χ3n) is 2.84. The highest BCUT2D eigenvalue weighted by molar-refractivity contribution is 7.92. The summed E-state index contributed by atoms with van der Waals surface area (Å²) in [6.07, 6.45) is -2.92. The number of nitrogens with zero attached hydrogens (tertiary/aromatic N) is 1. The number of benzene rings is 1. The molecule has 0 unspecified atom stereocenters. The predicted octanol–water partition coefficient (Wildman–Crippen LogP) is 3.34. The van der Waals surface area contributed by atoms with Gasteiger partial charge in [-0.05, 0) is 36.2 Å². The Morgan fingerprint density at radius 3 is 2.57 bits per heavy atom. The zero-order valence-electron chi connectivity index (χ0n) is 12.0. The first-order valence-electron chi connectivity index (χ1n) is 6.54. The van der Waals surface area contributed by atoms with Crippen LogP contribution >= 0.6 is 0 Å². The largest absolute Gasteiger partial charge is 0.573 e. The summed E-state index contributed by atoms with van der Waals surface area (Å²) in [4.78, 5) is 3.22. The van der Waals surface area contributed by atoms with Crippen LogP contribution in [0.1, 0.15) is 12.5 Å². The minimum Gasteiger partial charge on any atom is -0.404 e. The Morgan fingerprint density at radius 1 is 1.22 bits per heavy atom. The van der Waals surface area contributed by atoms with Crippen molar-refractivity contribution in [2.24, 2.45) is 0 Å². The summed E-state index contributed by atoms with van der Waals surface area (Å²) in [5.41, 5.74) is 0.831. The Kier molecular flexibility index (Phi) is 4.79. The summed E-state index contributed by atoms with van der Waals surface area (Å²) in [6, 6.07) is 7.71. The van der Waals surface area contributed by atoms with Crippen molar-refractivity contribution >= 4 is 15.8 Å². The van der Waals surface area contributed by atoms with Gasteiger partial charge in [-0.2, -0.15) is 0 Å². The lowest BCUT2D eigenvalue weighted by Gasteiger charge is -2.14. The van der Waals surface area contributed by atoms with Gasteiger partial charge in [0.1, 0.15) is 16.5 Å². The fourth-order valence-electron chi connectivity index (χ4n) is 1.82. The SMILES string of the molecule is CCc1ccnc(NS(=O)(=O)c2ccccc2OC(F)(F)F)c1. The molecule has 0 aliphatic carbocycles. The van der Waals surface area contributed by atoms with Gasteiger partial charge in [0.25, 0.3) is 10.0 Å². The van der Waals surface area contributed by atoms with Gasteiger partial charge in [0.2, 0.25) is 0 Å². The van der Waals surface area contributed by atoms with E-state index in [9.17, 15) is 21.6 Å². The highest BCUT2D eigenvalue weighted by Crippen LogP contribution is 2.30. The molecule has 2 aromatic rings. The number of halogens is 3. The highest BCUT2D eigenvalue weighted by Gasteiger charge is 2.34. The Bertz CT molecular complexity index is 792. The van der Waals surface area contributed by atoms with Crippen molar-refractivity contribution < 1.29 is 26.3 Å². The van der Waals surface area contributed by atoms with E-state index in [1.54, 1.807) is 6.07 Å². The Labute approximate surface area is 131 Å². The molecule has 0 saturated carbocycles. The standard InChI is InChI=1S/C14H13F3N2O3S/c1-2-10-7-8-18-13(9-10)19-23(20,21)12-6-4-3-5-11(12)22-14(15,16)17/h3-9H,2H2,1H3,(H,18,19). The molecule has 2 rings (SSSR count). The van der Waals surface area contributed by atoms with Crippen LogP contribution in [0.5, 0.6) is 5.75 Å². The smallest absolute Gasteiger partial charge is 0.404 e. The molecule has 1 heterocycles. The monoisotopic (exact) mass is 346 g/mol. The zero-order valence-corrected chi connectivity index (χ0v) is 12.8. The van der Waals surface area contributed by atoms with Crippen LogP contribution in [-0.2, 0) is 16.4 Å². The maximum atomic E-state index is 12.4. The minimum atomic E-state index is -4.99. The number of pyridine rings is 1. The third-order valence-corrected chi connectivity index (χ3v) is 4.23. The van der Waals surface area contributed by atoms with Crippen LogP contribution < -0.4 is 9.46 Å². The Balaban J connectivity index is 2.36. The molecule has 0 aliphatic heterocycles. The third kappa shape index (κ3) is 4.59. The van der Waals surface area contributed by atoms with Crippen LogP contribution in [-0.4, -0.2) is 19.8 Å². The van der Waals surface area contributed by atoms with E-state index in [0.29, 0.717) is 6.42 Å². The molecule has 0 bridgehead atoms. The van der Waals surface area contributed by atoms with Crippen LogP contribution in [0, 0.1) is 0 Å². The van der Waals surface area contributed by atoms with Crippen molar-refractivity contribution in [3.05, 3.63) is 48.2 Å². The number of para-hydroxylation sites is 1. The highest BCUT2D eigenvalue weighted by atomic mass is 32.2. The number of sulfonamides is 1. The van der Waals surface area contributed by atoms with E-state index >= 15 is 0 Å². The lowest BCUT2D eigenvalue weighted by Crippen LogP contribution is -2.21. The number of nitrogens with one attached hydrogen (secondary N) is 1. The Morgan fingerprint density at radius 2 is 1.91 bits per heavy atom. The van der Waals surface area contributed by atoms with Gasteiger partial charge < -0.3 is 4.74 Å². The number of aryl methyl sites for hydroxylation is 1. The van der Waals surface area contributed by atoms with E-state index < -0.39 is 27.0 Å². The molecule has 0 aliphatic rings. The normalized spacial score (nSPS) is 12.0. The molecule has 23 heavy (non-hydrogen) atoms. The van der Waals surface area contributed by atoms with Crippen molar-refractivity contribution in [1.82, 2.24) is 4.98 Å².